The third-order valence-electron chi connectivity index (χ3n) is 9.49. The maximum Gasteiger partial charge on any atom is 0.416 e. The van der Waals surface area contributed by atoms with Crippen LogP contribution >= 0.6 is 0 Å². The number of amides is 4. The van der Waals surface area contributed by atoms with Gasteiger partial charge >= 0.3 is 12.3 Å². The Kier molecular flexibility index (Phi) is 11.7. The number of allylic oxidation sites excluding steroid dienone is 3. The number of likely N-dealkylation sites (tertiary alicyclic amines) is 1. The van der Waals surface area contributed by atoms with E-state index in [4.69, 9.17) is 9.47 Å². The molecule has 2 heterocycles. The lowest BCUT2D eigenvalue weighted by Crippen LogP contribution is -2.60. The lowest BCUT2D eigenvalue weighted by atomic mass is 9.85. The van der Waals surface area contributed by atoms with Crippen molar-refractivity contribution < 1.29 is 50.2 Å². The monoisotopic (exact) mass is 769 g/mol. The van der Waals surface area contributed by atoms with Crippen LogP contribution in [-0.4, -0.2) is 89.4 Å². The lowest BCUT2D eigenvalue weighted by Gasteiger charge is -2.36. The number of aromatic nitrogens is 1. The average Bonchev–Trinajstić information content (AvgIpc) is 3.94. The highest BCUT2D eigenvalue weighted by Crippen LogP contribution is 2.47. The highest BCUT2D eigenvalue weighted by Gasteiger charge is 2.62. The molecule has 3 N–H and O–H groups in total. The van der Waals surface area contributed by atoms with Gasteiger partial charge in [-0.2, -0.15) is 13.2 Å². The second-order valence-electron chi connectivity index (χ2n) is 16.0. The Morgan fingerprint density at radius 1 is 1.13 bits per heavy atom. The summed E-state index contributed by atoms with van der Waals surface area (Å²) in [5.41, 5.74) is -4.46. The molecular weight excluding hydrogens is 719 g/mol. The van der Waals surface area contributed by atoms with E-state index in [0.717, 1.165) is 18.3 Å². The predicted molar refractivity (Wildman–Crippen MR) is 190 cm³/mol. The van der Waals surface area contributed by atoms with Crippen molar-refractivity contribution in [1.82, 2.24) is 25.2 Å². The molecule has 1 aromatic rings. The highest BCUT2D eigenvalue weighted by atomic mass is 32.2. The Balaban J connectivity index is 1.68. The van der Waals surface area contributed by atoms with Gasteiger partial charge in [0, 0.05) is 18.2 Å². The van der Waals surface area contributed by atoms with Gasteiger partial charge in [-0.25, -0.2) is 18.2 Å². The van der Waals surface area contributed by atoms with E-state index in [2.05, 4.69) is 26.9 Å². The maximum absolute atomic E-state index is 14.4. The molecular formula is C36H50F3N5O8S. The van der Waals surface area contributed by atoms with Crippen molar-refractivity contribution in [3.63, 3.8) is 0 Å². The number of hydrogen-bond acceptors (Lipinski definition) is 9. The number of hydrogen-bond donors (Lipinski definition) is 3. The lowest BCUT2D eigenvalue weighted by molar-refractivity contribution is -0.143. The molecule has 0 bridgehead atoms. The van der Waals surface area contributed by atoms with Gasteiger partial charge in [-0.15, -0.1) is 0 Å². The quantitative estimate of drug-likeness (QED) is 0.255. The Bertz CT molecular complexity index is 1760. The molecule has 13 nitrogen and oxygen atoms in total. The molecule has 1 aliphatic heterocycles. The first-order chi connectivity index (χ1) is 24.3. The van der Waals surface area contributed by atoms with E-state index < -0.39 is 85.6 Å². The van der Waals surface area contributed by atoms with Crippen molar-refractivity contribution in [3.05, 3.63) is 42.1 Å². The normalized spacial score (nSPS) is 24.2. The standard InChI is InChI=1S/C36H50F3N5O8S/c1-10-12-25(36(37,38)39)24-15-16-40-29(20(24)3)51-22-17-26(44(19-22)30(46)27(33(4,5)6)41-32(48)52-34(7,8)9)28(45)42-35(18-21(35)11-2)31(47)43-53(49,50)23-13-14-23/h10,12,15-16,21-23,26-27H,1,11,13-14,17-19H2,2-9H3,(H,41,48)(H,42,45)(H,43,47)/b25-12+/t21-,22-,26+,27-,35-/m1/s1. The molecule has 1 saturated heterocycles. The van der Waals surface area contributed by atoms with Gasteiger partial charge in [-0.3, -0.25) is 19.1 Å². The van der Waals surface area contributed by atoms with Gasteiger partial charge in [0.15, 0.2) is 0 Å². The average molecular weight is 770 g/mol. The summed E-state index contributed by atoms with van der Waals surface area (Å²) in [7, 11) is -3.94. The van der Waals surface area contributed by atoms with Crippen LogP contribution < -0.4 is 20.1 Å². The highest BCUT2D eigenvalue weighted by molar-refractivity contribution is 7.91. The van der Waals surface area contributed by atoms with E-state index in [1.54, 1.807) is 48.5 Å². The first-order valence-electron chi connectivity index (χ1n) is 17.5. The van der Waals surface area contributed by atoms with Gasteiger partial charge in [0.25, 0.3) is 5.91 Å². The summed E-state index contributed by atoms with van der Waals surface area (Å²) in [5.74, 6) is -2.85. The minimum absolute atomic E-state index is 0.0547. The molecule has 0 spiro atoms. The molecule has 17 heteroatoms. The van der Waals surface area contributed by atoms with Gasteiger partial charge in [0.2, 0.25) is 27.7 Å². The third-order valence-corrected chi connectivity index (χ3v) is 11.3. The summed E-state index contributed by atoms with van der Waals surface area (Å²) < 4.78 is 80.9. The van der Waals surface area contributed by atoms with Crippen LogP contribution in [0, 0.1) is 18.3 Å². The van der Waals surface area contributed by atoms with E-state index in [9.17, 15) is 40.8 Å². The first-order valence-corrected chi connectivity index (χ1v) is 19.1. The van der Waals surface area contributed by atoms with Crippen molar-refractivity contribution in [3.8, 4) is 5.88 Å². The Labute approximate surface area is 308 Å². The first kappa shape index (κ1) is 41.6. The number of rotatable bonds is 12. The number of nitrogens with zero attached hydrogens (tertiary/aromatic N) is 2. The SMILES string of the molecule is C=C/C=C(\c1ccnc(O[C@@H]2C[C@@H](C(=O)N[C@]3(C(=O)NS(=O)(=O)C4CC4)C[C@H]3CC)N(C(=O)[C@@H](NC(=O)OC(C)(C)C)C(C)(C)C)C2)c1C)C(F)(F)F. The van der Waals surface area contributed by atoms with Gasteiger partial charge in [-0.1, -0.05) is 46.8 Å². The van der Waals surface area contributed by atoms with Crippen molar-refractivity contribution in [2.45, 2.75) is 128 Å². The molecule has 0 aromatic carbocycles. The summed E-state index contributed by atoms with van der Waals surface area (Å²) in [6, 6.07) is -1.33. The predicted octanol–water partition coefficient (Wildman–Crippen LogP) is 4.70. The van der Waals surface area contributed by atoms with Crippen LogP contribution in [0.5, 0.6) is 5.88 Å². The summed E-state index contributed by atoms with van der Waals surface area (Å²) in [5, 5.41) is 4.68. The number of sulfonamides is 1. The van der Waals surface area contributed by atoms with Crippen LogP contribution in [0.4, 0.5) is 18.0 Å². The molecule has 5 atom stereocenters. The number of carbonyl (C=O) groups excluding carboxylic acids is 4. The number of nitrogens with one attached hydrogen (secondary N) is 3. The van der Waals surface area contributed by atoms with Gasteiger partial charge in [0.1, 0.15) is 29.3 Å². The molecule has 3 aliphatic rings. The number of alkyl halides is 3. The van der Waals surface area contributed by atoms with E-state index >= 15 is 0 Å². The zero-order chi connectivity index (χ0) is 39.9. The molecule has 2 saturated carbocycles. The van der Waals surface area contributed by atoms with E-state index in [-0.39, 0.29) is 42.3 Å². The minimum atomic E-state index is -4.72. The van der Waals surface area contributed by atoms with Crippen LogP contribution in [0.25, 0.3) is 5.57 Å². The number of pyridine rings is 1. The Morgan fingerprint density at radius 2 is 1.77 bits per heavy atom. The molecule has 1 aromatic heterocycles. The maximum atomic E-state index is 14.4. The zero-order valence-corrected chi connectivity index (χ0v) is 32.2. The Hall–Kier alpha value is -4.15. The fraction of sp³-hybridized carbons (Fsp3) is 0.639. The summed E-state index contributed by atoms with van der Waals surface area (Å²) in [4.78, 5) is 60.3. The molecule has 4 amide bonds. The second kappa shape index (κ2) is 14.9. The van der Waals surface area contributed by atoms with Crippen LogP contribution in [-0.2, 0) is 29.1 Å². The Morgan fingerprint density at radius 3 is 2.28 bits per heavy atom. The number of halogens is 3. The summed E-state index contributed by atoms with van der Waals surface area (Å²) in [6.07, 6.45) is -2.29. The van der Waals surface area contributed by atoms with Crippen LogP contribution in [0.2, 0.25) is 0 Å². The third kappa shape index (κ3) is 9.70. The minimum Gasteiger partial charge on any atom is -0.472 e. The van der Waals surface area contributed by atoms with Gasteiger partial charge < -0.3 is 25.0 Å². The summed E-state index contributed by atoms with van der Waals surface area (Å²) in [6.45, 7) is 16.4. The number of ether oxygens (including phenoxy) is 2. The molecule has 53 heavy (non-hydrogen) atoms. The molecule has 3 fully saturated rings. The van der Waals surface area contributed by atoms with Crippen LogP contribution in [0.3, 0.4) is 0 Å². The fourth-order valence-electron chi connectivity index (χ4n) is 6.45. The molecule has 0 unspecified atom stereocenters. The van der Waals surface area contributed by atoms with Crippen LogP contribution in [0.1, 0.15) is 91.7 Å². The van der Waals surface area contributed by atoms with E-state index in [1.165, 1.54) is 17.9 Å². The van der Waals surface area contributed by atoms with Gasteiger partial charge in [0.05, 0.1) is 17.4 Å². The second-order valence-corrected chi connectivity index (χ2v) is 17.9. The van der Waals surface area contributed by atoms with E-state index in [0.29, 0.717) is 19.3 Å². The molecule has 294 valence electrons. The zero-order valence-electron chi connectivity index (χ0n) is 31.3. The van der Waals surface area contributed by atoms with Gasteiger partial charge in [-0.05, 0) is 76.0 Å². The number of alkyl carbamates (subject to hydrolysis) is 1. The summed E-state index contributed by atoms with van der Waals surface area (Å²) >= 11 is 0. The van der Waals surface area contributed by atoms with Crippen molar-refractivity contribution in [2.75, 3.05) is 6.54 Å². The van der Waals surface area contributed by atoms with Crippen molar-refractivity contribution >= 4 is 39.4 Å². The number of carbonyl (C=O) groups is 4. The van der Waals surface area contributed by atoms with Crippen molar-refractivity contribution in [2.24, 2.45) is 11.3 Å². The molecule has 4 rings (SSSR count). The van der Waals surface area contributed by atoms with Crippen molar-refractivity contribution in [1.29, 1.82) is 0 Å². The molecule has 0 radical (unpaired) electrons. The fourth-order valence-corrected chi connectivity index (χ4v) is 7.81. The molecule has 2 aliphatic carbocycles. The smallest absolute Gasteiger partial charge is 0.416 e. The largest absolute Gasteiger partial charge is 0.472 e. The van der Waals surface area contributed by atoms with Crippen LogP contribution in [0.15, 0.2) is 31.0 Å². The topological polar surface area (TPSA) is 173 Å². The van der Waals surface area contributed by atoms with E-state index in [1.807, 2.05) is 0 Å².